The van der Waals surface area contributed by atoms with E-state index in [1.54, 1.807) is 24.3 Å². The highest BCUT2D eigenvalue weighted by molar-refractivity contribution is 14.1. The van der Waals surface area contributed by atoms with Gasteiger partial charge in [0, 0.05) is 13.3 Å². The average molecular weight is 699 g/mol. The van der Waals surface area contributed by atoms with Crippen LogP contribution in [0.4, 0.5) is 0 Å². The smallest absolute Gasteiger partial charge is 0.326 e. The highest BCUT2D eigenvalue weighted by Gasteiger charge is 2.19. The fourth-order valence-electron chi connectivity index (χ4n) is 2.16. The monoisotopic (exact) mass is 699 g/mol. The SMILES string of the molecule is CC(=O)N[C@@H](Cc1ccc(O[13c]2[13cH][13c](I)[13c](O)[13c](I)[13cH]2)c(I)c1)C(=O)O. The molecular weight excluding hydrogens is 685 g/mol. The molecule has 3 N–H and O–H groups in total. The molecule has 26 heavy (non-hydrogen) atoms. The molecule has 0 unspecified atom stereocenters. The summed E-state index contributed by atoms with van der Waals surface area (Å²) in [6.07, 6.45) is 0.181. The fraction of sp³-hybridized carbons (Fsp3) is 0.176. The number of halogens is 3. The molecular formula is C17H14I3NO5. The number of carbonyl (C=O) groups is 2. The van der Waals surface area contributed by atoms with Crippen LogP contribution in [0.3, 0.4) is 0 Å². The van der Waals surface area contributed by atoms with Crippen LogP contribution in [0.2, 0.25) is 0 Å². The lowest BCUT2D eigenvalue weighted by atomic mass is 10.1. The van der Waals surface area contributed by atoms with Gasteiger partial charge in [0.25, 0.3) is 0 Å². The summed E-state index contributed by atoms with van der Waals surface area (Å²) < 4.78 is 8.07. The van der Waals surface area contributed by atoms with Gasteiger partial charge >= 0.3 is 5.97 Å². The second kappa shape index (κ2) is 9.39. The van der Waals surface area contributed by atoms with Crippen LogP contribution >= 0.6 is 67.8 Å². The van der Waals surface area contributed by atoms with Crippen molar-refractivity contribution in [3.63, 3.8) is 0 Å². The number of ether oxygens (including phenoxy) is 1. The highest BCUT2D eigenvalue weighted by atomic mass is 127. The molecule has 1 atom stereocenters. The molecule has 0 aliphatic heterocycles. The summed E-state index contributed by atoms with van der Waals surface area (Å²) in [5.41, 5.74) is 0.776. The minimum atomic E-state index is -1.08. The number of phenolic OH excluding ortho intramolecular Hbond substituents is 1. The molecule has 9 heteroatoms. The molecule has 0 aliphatic carbocycles. The molecule has 2 aromatic carbocycles. The third-order valence-corrected chi connectivity index (χ3v) is 5.82. The Morgan fingerprint density at radius 1 is 1.12 bits per heavy atom. The number of aliphatic carboxylic acids is 1. The quantitative estimate of drug-likeness (QED) is 0.395. The van der Waals surface area contributed by atoms with Crippen molar-refractivity contribution in [2.45, 2.75) is 19.4 Å². The number of phenols is 1. The number of aromatic hydroxyl groups is 1. The second-order valence-corrected chi connectivity index (χ2v) is 8.88. The second-order valence-electron chi connectivity index (χ2n) is 5.40. The number of hydrogen-bond donors (Lipinski definition) is 3. The van der Waals surface area contributed by atoms with E-state index in [0.717, 1.165) is 9.13 Å². The maximum Gasteiger partial charge on any atom is 0.326 e. The van der Waals surface area contributed by atoms with E-state index in [2.05, 4.69) is 27.9 Å². The summed E-state index contributed by atoms with van der Waals surface area (Å²) in [5.74, 6) is -0.0180. The lowest BCUT2D eigenvalue weighted by molar-refractivity contribution is -0.141. The normalized spacial score (nSPS) is 11.7. The number of rotatable bonds is 6. The van der Waals surface area contributed by atoms with E-state index in [1.165, 1.54) is 6.92 Å². The number of carboxylic acid groups (broad SMARTS) is 1. The van der Waals surface area contributed by atoms with Crippen molar-refractivity contribution >= 4 is 79.6 Å². The number of carboxylic acids is 1. The standard InChI is InChI=1S/C17H14I3NO5/c1-8(22)21-14(17(24)25)5-9-2-3-15(11(18)4-9)26-10-6-12(19)16(23)13(20)7-10/h2-4,6-7,14,23H,5H2,1H3,(H,21,22)(H,24,25)/t14-/m0/s1/i6+1,7+1,10+1,12+1,13+1,16+1. The molecule has 0 radical (unpaired) electrons. The summed E-state index contributed by atoms with van der Waals surface area (Å²) >= 11 is 6.18. The average Bonchev–Trinajstić information content (AvgIpc) is 2.54. The zero-order chi connectivity index (χ0) is 19.4. The van der Waals surface area contributed by atoms with E-state index in [0.29, 0.717) is 18.6 Å². The molecule has 0 saturated heterocycles. The van der Waals surface area contributed by atoms with Crippen molar-refractivity contribution in [2.24, 2.45) is 0 Å². The van der Waals surface area contributed by atoms with Crippen LogP contribution in [-0.2, 0) is 16.0 Å². The van der Waals surface area contributed by atoms with E-state index < -0.39 is 12.0 Å². The maximum atomic E-state index is 11.3. The van der Waals surface area contributed by atoms with Gasteiger partial charge in [0.1, 0.15) is 23.3 Å². The predicted molar refractivity (Wildman–Crippen MR) is 122 cm³/mol. The highest BCUT2D eigenvalue weighted by Crippen LogP contribution is 2.34. The van der Waals surface area contributed by atoms with Crippen LogP contribution in [0.25, 0.3) is 0 Å². The minimum absolute atomic E-state index is 0.181. The Balaban J connectivity index is 2.19. The van der Waals surface area contributed by atoms with Gasteiger partial charge in [-0.25, -0.2) is 4.79 Å². The van der Waals surface area contributed by atoms with Gasteiger partial charge in [-0.1, -0.05) is 6.07 Å². The molecule has 0 bridgehead atoms. The van der Waals surface area contributed by atoms with E-state index in [-0.39, 0.29) is 18.1 Å². The zero-order valence-electron chi connectivity index (χ0n) is 13.4. The third kappa shape index (κ3) is 5.84. The third-order valence-electron chi connectivity index (χ3n) is 3.33. The molecule has 2 aromatic rings. The topological polar surface area (TPSA) is 95.9 Å². The fourth-order valence-corrected chi connectivity index (χ4v) is 4.56. The van der Waals surface area contributed by atoms with Crippen LogP contribution in [0, 0.1) is 10.7 Å². The van der Waals surface area contributed by atoms with E-state index in [9.17, 15) is 19.8 Å². The lowest BCUT2D eigenvalue weighted by Gasteiger charge is -2.15. The Labute approximate surface area is 191 Å². The Bertz CT molecular complexity index is 833. The van der Waals surface area contributed by atoms with Crippen molar-refractivity contribution in [1.82, 2.24) is 5.32 Å². The molecule has 1 amide bonds. The van der Waals surface area contributed by atoms with Crippen LogP contribution in [0.5, 0.6) is 17.2 Å². The first kappa shape index (κ1) is 21.5. The first-order valence-corrected chi connectivity index (χ1v) is 10.5. The van der Waals surface area contributed by atoms with Crippen molar-refractivity contribution in [1.29, 1.82) is 0 Å². The number of nitrogens with one attached hydrogen (secondary N) is 1. The van der Waals surface area contributed by atoms with Gasteiger partial charge in [0.05, 0.1) is 10.7 Å². The number of carbonyl (C=O) groups excluding carboxylic acids is 1. The predicted octanol–water partition coefficient (Wildman–Crippen LogP) is 4.13. The lowest BCUT2D eigenvalue weighted by Crippen LogP contribution is -2.41. The largest absolute Gasteiger partial charge is 0.506 e. The number of benzene rings is 2. The molecule has 0 saturated carbocycles. The Morgan fingerprint density at radius 2 is 1.73 bits per heavy atom. The van der Waals surface area contributed by atoms with Crippen molar-refractivity contribution in [3.8, 4) is 17.2 Å². The minimum Gasteiger partial charge on any atom is -0.506 e. The molecule has 2 rings (SSSR count). The first-order valence-electron chi connectivity index (χ1n) is 7.31. The zero-order valence-corrected chi connectivity index (χ0v) is 19.9. The summed E-state index contributed by atoms with van der Waals surface area (Å²) in [5, 5.41) is 21.5. The van der Waals surface area contributed by atoms with Crippen molar-refractivity contribution < 1.29 is 24.5 Å². The van der Waals surface area contributed by atoms with Gasteiger partial charge in [-0.3, -0.25) is 4.79 Å². The van der Waals surface area contributed by atoms with Crippen LogP contribution < -0.4 is 10.1 Å². The molecule has 138 valence electrons. The molecule has 0 spiro atoms. The van der Waals surface area contributed by atoms with E-state index >= 15 is 0 Å². The number of hydrogen-bond acceptors (Lipinski definition) is 4. The van der Waals surface area contributed by atoms with Crippen LogP contribution in [0.15, 0.2) is 30.3 Å². The van der Waals surface area contributed by atoms with Crippen molar-refractivity contribution in [3.05, 3.63) is 46.6 Å². The van der Waals surface area contributed by atoms with Gasteiger partial charge in [0.2, 0.25) is 5.91 Å². The summed E-state index contributed by atoms with van der Waals surface area (Å²) in [6.45, 7) is 1.29. The van der Waals surface area contributed by atoms with E-state index in [4.69, 9.17) is 4.74 Å². The van der Waals surface area contributed by atoms with E-state index in [1.807, 2.05) is 51.2 Å². The van der Waals surface area contributed by atoms with Gasteiger partial charge < -0.3 is 20.3 Å². The Morgan fingerprint density at radius 3 is 2.23 bits per heavy atom. The Kier molecular flexibility index (Phi) is 7.76. The van der Waals surface area contributed by atoms with Crippen molar-refractivity contribution in [2.75, 3.05) is 0 Å². The first-order chi connectivity index (χ1) is 12.2. The molecule has 0 fully saturated rings. The summed E-state index contributed by atoms with van der Waals surface area (Å²) in [6, 6.07) is 7.85. The molecule has 0 heterocycles. The Hall–Kier alpha value is -0.830. The summed E-state index contributed by atoms with van der Waals surface area (Å²) in [4.78, 5) is 22.4. The van der Waals surface area contributed by atoms with Gasteiger partial charge in [-0.15, -0.1) is 0 Å². The van der Waals surface area contributed by atoms with Gasteiger partial charge in [-0.2, -0.15) is 0 Å². The molecule has 0 aliphatic rings. The molecule has 0 aromatic heterocycles. The van der Waals surface area contributed by atoms with Crippen LogP contribution in [0.1, 0.15) is 12.5 Å². The molecule has 6 nitrogen and oxygen atoms in total. The van der Waals surface area contributed by atoms with Crippen LogP contribution in [-0.4, -0.2) is 28.1 Å². The number of amides is 1. The maximum absolute atomic E-state index is 11.3. The van der Waals surface area contributed by atoms with Gasteiger partial charge in [0.15, 0.2) is 0 Å². The summed E-state index contributed by atoms with van der Waals surface area (Å²) in [7, 11) is 0. The van der Waals surface area contributed by atoms with Gasteiger partial charge in [-0.05, 0) is 97.6 Å².